The van der Waals surface area contributed by atoms with Crippen LogP contribution in [-0.2, 0) is 10.2 Å². The molecule has 0 fully saturated rings. The summed E-state index contributed by atoms with van der Waals surface area (Å²) in [6, 6.07) is 5.59. The van der Waals surface area contributed by atoms with Crippen molar-refractivity contribution < 1.29 is 8.42 Å². The van der Waals surface area contributed by atoms with Crippen LogP contribution in [0.2, 0.25) is 0 Å². The predicted molar refractivity (Wildman–Crippen MR) is 67.2 cm³/mol. The van der Waals surface area contributed by atoms with E-state index < -0.39 is 10.2 Å². The van der Waals surface area contributed by atoms with Crippen molar-refractivity contribution in [3.05, 3.63) is 29.3 Å². The van der Waals surface area contributed by atoms with E-state index in [9.17, 15) is 8.42 Å². The highest BCUT2D eigenvalue weighted by atomic mass is 35.5. The van der Waals surface area contributed by atoms with Crippen LogP contribution in [0, 0.1) is 13.8 Å². The first-order chi connectivity index (χ1) is 7.44. The van der Waals surface area contributed by atoms with Gasteiger partial charge in [-0.25, -0.2) is 0 Å². The van der Waals surface area contributed by atoms with Crippen molar-refractivity contribution in [1.29, 1.82) is 0 Å². The van der Waals surface area contributed by atoms with Gasteiger partial charge >= 0.3 is 0 Å². The molecule has 0 saturated carbocycles. The number of rotatable bonds is 5. The lowest BCUT2D eigenvalue weighted by molar-refractivity contribution is 0.589. The lowest BCUT2D eigenvalue weighted by Crippen LogP contribution is -2.31. The largest absolute Gasteiger partial charge is 0.299 e. The third-order valence-corrected chi connectivity index (χ3v) is 3.29. The standard InChI is InChI=1S/C10H15ClN2O2S/c1-8-3-4-9(2)10(7-8)13-16(14,15)12-6-5-11/h3-4,7,12-13H,5-6H2,1-2H3. The van der Waals surface area contributed by atoms with Gasteiger partial charge in [0, 0.05) is 12.4 Å². The topological polar surface area (TPSA) is 58.2 Å². The summed E-state index contributed by atoms with van der Waals surface area (Å²) in [5.41, 5.74) is 2.46. The zero-order chi connectivity index (χ0) is 12.2. The summed E-state index contributed by atoms with van der Waals surface area (Å²) in [6.45, 7) is 3.96. The Labute approximate surface area is 101 Å². The number of hydrogen-bond acceptors (Lipinski definition) is 2. The number of nitrogens with one attached hydrogen (secondary N) is 2. The monoisotopic (exact) mass is 262 g/mol. The Morgan fingerprint density at radius 2 is 2.00 bits per heavy atom. The number of benzene rings is 1. The SMILES string of the molecule is Cc1ccc(C)c(NS(=O)(=O)NCCCl)c1. The van der Waals surface area contributed by atoms with Crippen molar-refractivity contribution in [1.82, 2.24) is 4.72 Å². The van der Waals surface area contributed by atoms with E-state index in [0.29, 0.717) is 5.69 Å². The molecule has 0 aliphatic heterocycles. The minimum atomic E-state index is -3.52. The van der Waals surface area contributed by atoms with Crippen molar-refractivity contribution in [3.8, 4) is 0 Å². The normalized spacial score (nSPS) is 11.4. The number of halogens is 1. The Balaban J connectivity index is 2.83. The lowest BCUT2D eigenvalue weighted by Gasteiger charge is -2.11. The van der Waals surface area contributed by atoms with E-state index in [1.807, 2.05) is 26.0 Å². The molecule has 0 spiro atoms. The van der Waals surface area contributed by atoms with Crippen molar-refractivity contribution in [2.45, 2.75) is 13.8 Å². The molecule has 2 N–H and O–H groups in total. The van der Waals surface area contributed by atoms with Crippen LogP contribution in [0.1, 0.15) is 11.1 Å². The molecule has 0 heterocycles. The summed E-state index contributed by atoms with van der Waals surface area (Å²) in [5.74, 6) is 0.244. The first-order valence-corrected chi connectivity index (χ1v) is 6.87. The first-order valence-electron chi connectivity index (χ1n) is 4.85. The third kappa shape index (κ3) is 4.00. The van der Waals surface area contributed by atoms with Crippen molar-refractivity contribution in [3.63, 3.8) is 0 Å². The summed E-state index contributed by atoms with van der Waals surface area (Å²) in [7, 11) is -3.52. The van der Waals surface area contributed by atoms with Crippen LogP contribution in [-0.4, -0.2) is 20.8 Å². The molecule has 90 valence electrons. The van der Waals surface area contributed by atoms with Gasteiger partial charge in [0.15, 0.2) is 0 Å². The van der Waals surface area contributed by atoms with Crippen LogP contribution in [0.25, 0.3) is 0 Å². The molecule has 0 aliphatic carbocycles. The molecule has 0 bridgehead atoms. The molecule has 0 radical (unpaired) electrons. The van der Waals surface area contributed by atoms with Gasteiger partial charge in [-0.15, -0.1) is 11.6 Å². The predicted octanol–water partition coefficient (Wildman–Crippen LogP) is 1.79. The molecule has 0 saturated heterocycles. The second kappa shape index (κ2) is 5.52. The first kappa shape index (κ1) is 13.3. The third-order valence-electron chi connectivity index (χ3n) is 2.02. The summed E-state index contributed by atoms with van der Waals surface area (Å²) in [5, 5.41) is 0. The second-order valence-corrected chi connectivity index (χ2v) is 5.38. The van der Waals surface area contributed by atoms with Crippen LogP contribution in [0.4, 0.5) is 5.69 Å². The van der Waals surface area contributed by atoms with E-state index >= 15 is 0 Å². The zero-order valence-electron chi connectivity index (χ0n) is 9.25. The Morgan fingerprint density at radius 3 is 2.62 bits per heavy atom. The maximum atomic E-state index is 11.5. The molecule has 0 atom stereocenters. The average molecular weight is 263 g/mol. The maximum absolute atomic E-state index is 11.5. The summed E-state index contributed by atoms with van der Waals surface area (Å²) >= 11 is 5.41. The zero-order valence-corrected chi connectivity index (χ0v) is 10.8. The van der Waals surface area contributed by atoms with Crippen molar-refractivity contribution in [2.75, 3.05) is 17.1 Å². The molecule has 1 rings (SSSR count). The van der Waals surface area contributed by atoms with Gasteiger partial charge in [-0.3, -0.25) is 4.72 Å². The van der Waals surface area contributed by atoms with Gasteiger partial charge in [-0.05, 0) is 31.0 Å². The maximum Gasteiger partial charge on any atom is 0.299 e. The average Bonchev–Trinajstić information content (AvgIpc) is 2.20. The molecule has 1 aromatic rings. The summed E-state index contributed by atoms with van der Waals surface area (Å²) in [4.78, 5) is 0. The van der Waals surface area contributed by atoms with E-state index in [4.69, 9.17) is 11.6 Å². The van der Waals surface area contributed by atoms with Gasteiger partial charge in [-0.1, -0.05) is 12.1 Å². The molecule has 4 nitrogen and oxygen atoms in total. The molecule has 1 aromatic carbocycles. The van der Waals surface area contributed by atoms with Gasteiger partial charge in [0.2, 0.25) is 0 Å². The molecule has 0 aromatic heterocycles. The van der Waals surface area contributed by atoms with E-state index in [1.54, 1.807) is 6.07 Å². The molecule has 0 aliphatic rings. The van der Waals surface area contributed by atoms with Gasteiger partial charge in [-0.2, -0.15) is 13.1 Å². The Kier molecular flexibility index (Phi) is 4.58. The van der Waals surface area contributed by atoms with Crippen LogP contribution in [0.3, 0.4) is 0 Å². The number of alkyl halides is 1. The summed E-state index contributed by atoms with van der Waals surface area (Å²) < 4.78 is 27.9. The highest BCUT2D eigenvalue weighted by molar-refractivity contribution is 7.90. The molecule has 0 unspecified atom stereocenters. The van der Waals surface area contributed by atoms with Crippen LogP contribution in [0.5, 0.6) is 0 Å². The quantitative estimate of drug-likeness (QED) is 0.795. The minimum absolute atomic E-state index is 0.210. The number of hydrogen-bond donors (Lipinski definition) is 2. The minimum Gasteiger partial charge on any atom is -0.271 e. The van der Waals surface area contributed by atoms with Crippen LogP contribution in [0.15, 0.2) is 18.2 Å². The molecule has 16 heavy (non-hydrogen) atoms. The molecule has 0 amide bonds. The van der Waals surface area contributed by atoms with Crippen molar-refractivity contribution in [2.24, 2.45) is 0 Å². The van der Waals surface area contributed by atoms with Crippen LogP contribution < -0.4 is 9.44 Å². The molecular formula is C10H15ClN2O2S. The smallest absolute Gasteiger partial charge is 0.271 e. The van der Waals surface area contributed by atoms with E-state index in [-0.39, 0.29) is 12.4 Å². The Hall–Kier alpha value is -0.780. The van der Waals surface area contributed by atoms with E-state index in [0.717, 1.165) is 11.1 Å². The van der Waals surface area contributed by atoms with Crippen LogP contribution >= 0.6 is 11.6 Å². The highest BCUT2D eigenvalue weighted by Crippen LogP contribution is 2.17. The number of aryl methyl sites for hydroxylation is 2. The fourth-order valence-electron chi connectivity index (χ4n) is 1.20. The Bertz CT molecular complexity index is 460. The van der Waals surface area contributed by atoms with Gasteiger partial charge in [0.05, 0.1) is 5.69 Å². The number of anilines is 1. The Morgan fingerprint density at radius 1 is 1.31 bits per heavy atom. The van der Waals surface area contributed by atoms with Gasteiger partial charge in [0.1, 0.15) is 0 Å². The van der Waals surface area contributed by atoms with Gasteiger partial charge in [0.25, 0.3) is 10.2 Å². The molecular weight excluding hydrogens is 248 g/mol. The van der Waals surface area contributed by atoms with E-state index in [2.05, 4.69) is 9.44 Å². The second-order valence-electron chi connectivity index (χ2n) is 3.51. The summed E-state index contributed by atoms with van der Waals surface area (Å²) in [6.07, 6.45) is 0. The fourth-order valence-corrected chi connectivity index (χ4v) is 2.36. The highest BCUT2D eigenvalue weighted by Gasteiger charge is 2.10. The van der Waals surface area contributed by atoms with Crippen molar-refractivity contribution >= 4 is 27.5 Å². The lowest BCUT2D eigenvalue weighted by atomic mass is 10.1. The fraction of sp³-hybridized carbons (Fsp3) is 0.400. The molecule has 6 heteroatoms. The van der Waals surface area contributed by atoms with Gasteiger partial charge < -0.3 is 0 Å². The van der Waals surface area contributed by atoms with E-state index in [1.165, 1.54) is 0 Å².